The molecular formula is C51H91NO18. The highest BCUT2D eigenvalue weighted by Gasteiger charge is 2.53. The molecule has 70 heavy (non-hydrogen) atoms. The van der Waals surface area contributed by atoms with E-state index in [0.29, 0.717) is 12.8 Å². The van der Waals surface area contributed by atoms with Crippen LogP contribution in [0.3, 0.4) is 0 Å². The first-order valence-electron chi connectivity index (χ1n) is 26.2. The molecule has 3 aliphatic heterocycles. The Morgan fingerprint density at radius 3 is 1.47 bits per heavy atom. The molecule has 0 aromatic rings. The maximum atomic E-state index is 13.2. The van der Waals surface area contributed by atoms with Gasteiger partial charge in [-0.15, -0.1) is 0 Å². The molecule has 0 saturated carbocycles. The highest BCUT2D eigenvalue weighted by atomic mass is 16.8. The van der Waals surface area contributed by atoms with Crippen molar-refractivity contribution in [2.24, 2.45) is 0 Å². The van der Waals surface area contributed by atoms with E-state index in [1.54, 1.807) is 6.08 Å². The topological polar surface area (TPSA) is 307 Å². The summed E-state index contributed by atoms with van der Waals surface area (Å²) in [5.41, 5.74) is 0. The first kappa shape index (κ1) is 62.3. The third kappa shape index (κ3) is 21.5. The number of nitrogens with one attached hydrogen (secondary N) is 1. The number of unbranched alkanes of at least 4 members (excludes halogenated alkanes) is 16. The molecule has 0 radical (unpaired) electrons. The SMILES string of the molecule is CCCC/C=C/CC/C=C/C(O)C(COC1OC(CO)C(OC2OC(CO)C(OC3OC(CO)C(O)C(O)C3O)C(O)C2O)C(O)C1O)NC(=O)CCCCCCCCC/C=C\CCCCCCCC. The van der Waals surface area contributed by atoms with Gasteiger partial charge in [0, 0.05) is 6.42 Å². The van der Waals surface area contributed by atoms with Gasteiger partial charge in [-0.3, -0.25) is 4.79 Å². The number of ether oxygens (including phenoxy) is 6. The number of rotatable bonds is 36. The summed E-state index contributed by atoms with van der Waals surface area (Å²) >= 11 is 0. The highest BCUT2D eigenvalue weighted by Crippen LogP contribution is 2.33. The van der Waals surface area contributed by atoms with Crippen LogP contribution in [0.25, 0.3) is 0 Å². The molecule has 0 aromatic carbocycles. The molecule has 17 atom stereocenters. The van der Waals surface area contributed by atoms with E-state index in [1.807, 2.05) is 6.08 Å². The third-order valence-corrected chi connectivity index (χ3v) is 13.2. The summed E-state index contributed by atoms with van der Waals surface area (Å²) < 4.78 is 34.0. The number of aliphatic hydroxyl groups excluding tert-OH is 11. The van der Waals surface area contributed by atoms with Gasteiger partial charge >= 0.3 is 0 Å². The smallest absolute Gasteiger partial charge is 0.220 e. The fraction of sp³-hybridized carbons (Fsp3) is 0.863. The number of allylic oxidation sites excluding steroid dienone is 5. The van der Waals surface area contributed by atoms with Crippen molar-refractivity contribution in [1.29, 1.82) is 0 Å². The summed E-state index contributed by atoms with van der Waals surface area (Å²) in [4.78, 5) is 13.2. The summed E-state index contributed by atoms with van der Waals surface area (Å²) in [6.07, 6.45) is 7.48. The lowest BCUT2D eigenvalue weighted by atomic mass is 9.96. The van der Waals surface area contributed by atoms with Gasteiger partial charge in [0.1, 0.15) is 73.2 Å². The van der Waals surface area contributed by atoms with E-state index in [9.17, 15) is 61.0 Å². The molecule has 17 unspecified atom stereocenters. The van der Waals surface area contributed by atoms with E-state index in [4.69, 9.17) is 28.4 Å². The molecule has 3 saturated heterocycles. The van der Waals surface area contributed by atoms with Crippen molar-refractivity contribution in [2.45, 2.75) is 253 Å². The number of carbonyl (C=O) groups excluding carboxylic acids is 1. The van der Waals surface area contributed by atoms with Gasteiger partial charge in [0.2, 0.25) is 5.91 Å². The molecular weight excluding hydrogens is 915 g/mol. The van der Waals surface area contributed by atoms with Crippen molar-refractivity contribution < 1.29 is 89.4 Å². The molecule has 1 amide bonds. The van der Waals surface area contributed by atoms with Gasteiger partial charge in [-0.1, -0.05) is 127 Å². The summed E-state index contributed by atoms with van der Waals surface area (Å²) in [5, 5.41) is 119. The second kappa shape index (κ2) is 36.0. The van der Waals surface area contributed by atoms with Crippen LogP contribution in [-0.4, -0.2) is 193 Å². The van der Waals surface area contributed by atoms with Crippen molar-refractivity contribution in [1.82, 2.24) is 5.32 Å². The Balaban J connectivity index is 1.52. The molecule has 19 heteroatoms. The average molecular weight is 1010 g/mol. The minimum Gasteiger partial charge on any atom is -0.394 e. The maximum absolute atomic E-state index is 13.2. The van der Waals surface area contributed by atoms with Crippen LogP contribution in [0.5, 0.6) is 0 Å². The van der Waals surface area contributed by atoms with E-state index < -0.39 is 124 Å². The number of carbonyl (C=O) groups is 1. The summed E-state index contributed by atoms with van der Waals surface area (Å²) in [7, 11) is 0. The van der Waals surface area contributed by atoms with Crippen LogP contribution < -0.4 is 5.32 Å². The van der Waals surface area contributed by atoms with E-state index in [2.05, 4.69) is 43.5 Å². The Kier molecular flexibility index (Phi) is 32.1. The van der Waals surface area contributed by atoms with Gasteiger partial charge in [-0.2, -0.15) is 0 Å². The molecule has 12 N–H and O–H groups in total. The Morgan fingerprint density at radius 1 is 0.500 bits per heavy atom. The predicted molar refractivity (Wildman–Crippen MR) is 259 cm³/mol. The zero-order valence-electron chi connectivity index (χ0n) is 41.7. The largest absolute Gasteiger partial charge is 0.394 e. The summed E-state index contributed by atoms with van der Waals surface area (Å²) in [6.45, 7) is 1.57. The van der Waals surface area contributed by atoms with Crippen molar-refractivity contribution in [3.05, 3.63) is 36.5 Å². The minimum absolute atomic E-state index is 0.229. The first-order valence-corrected chi connectivity index (χ1v) is 26.2. The molecule has 3 rings (SSSR count). The van der Waals surface area contributed by atoms with Gasteiger partial charge in [-0.25, -0.2) is 0 Å². The average Bonchev–Trinajstić information content (AvgIpc) is 3.35. The van der Waals surface area contributed by atoms with Crippen LogP contribution in [0.4, 0.5) is 0 Å². The fourth-order valence-corrected chi connectivity index (χ4v) is 8.71. The summed E-state index contributed by atoms with van der Waals surface area (Å²) in [5.74, 6) is -0.297. The van der Waals surface area contributed by atoms with Crippen LogP contribution in [0.15, 0.2) is 36.5 Å². The van der Waals surface area contributed by atoms with Crippen LogP contribution in [0.1, 0.15) is 149 Å². The van der Waals surface area contributed by atoms with Crippen LogP contribution in [-0.2, 0) is 33.2 Å². The van der Waals surface area contributed by atoms with Crippen molar-refractivity contribution >= 4 is 5.91 Å². The normalized spacial score (nSPS) is 32.8. The lowest BCUT2D eigenvalue weighted by molar-refractivity contribution is -0.379. The second-order valence-electron chi connectivity index (χ2n) is 19.0. The molecule has 0 spiro atoms. The maximum Gasteiger partial charge on any atom is 0.220 e. The lowest BCUT2D eigenvalue weighted by Gasteiger charge is -2.48. The highest BCUT2D eigenvalue weighted by molar-refractivity contribution is 5.76. The first-order chi connectivity index (χ1) is 33.8. The van der Waals surface area contributed by atoms with Gasteiger partial charge in [0.25, 0.3) is 0 Å². The number of hydrogen-bond acceptors (Lipinski definition) is 18. The number of hydrogen-bond donors (Lipinski definition) is 12. The molecule has 3 fully saturated rings. The number of amides is 1. The lowest BCUT2D eigenvalue weighted by Crippen LogP contribution is -2.66. The van der Waals surface area contributed by atoms with Gasteiger partial charge in [0.05, 0.1) is 38.6 Å². The molecule has 3 aliphatic rings. The van der Waals surface area contributed by atoms with Crippen LogP contribution in [0, 0.1) is 0 Å². The standard InChI is InChI=1S/C51H91NO18/c1-3-5-7-9-11-13-14-15-16-17-18-19-20-21-23-25-27-29-39(57)52-34(35(56)28-26-24-22-12-10-8-6-4-2)33-65-49-45(63)42(60)47(37(31-54)67-49)70-51-46(64)43(61)48(38(32-55)68-51)69-50-44(62)41(59)40(58)36(30-53)66-50/h10,12,15-16,26,28,34-38,40-51,53-56,58-64H,3-9,11,13-14,17-25,27,29-33H2,1-2H3,(H,52,57)/b12-10+,16-15-,28-26+. The van der Waals surface area contributed by atoms with Crippen molar-refractivity contribution in [2.75, 3.05) is 26.4 Å². The molecule has 3 heterocycles. The zero-order valence-corrected chi connectivity index (χ0v) is 41.7. The molecule has 0 bridgehead atoms. The minimum atomic E-state index is -1.98. The van der Waals surface area contributed by atoms with E-state index in [1.165, 1.54) is 57.8 Å². The predicted octanol–water partition coefficient (Wildman–Crippen LogP) is 2.20. The van der Waals surface area contributed by atoms with Gasteiger partial charge in [0.15, 0.2) is 18.9 Å². The molecule has 408 valence electrons. The number of aliphatic hydroxyl groups is 11. The Morgan fingerprint density at radius 2 is 0.929 bits per heavy atom. The van der Waals surface area contributed by atoms with Gasteiger partial charge in [-0.05, 0) is 51.4 Å². The second-order valence-corrected chi connectivity index (χ2v) is 19.0. The van der Waals surface area contributed by atoms with Crippen LogP contribution in [0.2, 0.25) is 0 Å². The Bertz CT molecular complexity index is 1440. The quantitative estimate of drug-likeness (QED) is 0.0316. The van der Waals surface area contributed by atoms with E-state index in [-0.39, 0.29) is 18.9 Å². The summed E-state index contributed by atoms with van der Waals surface area (Å²) in [6, 6.07) is -0.987. The molecule has 19 nitrogen and oxygen atoms in total. The van der Waals surface area contributed by atoms with E-state index in [0.717, 1.165) is 57.8 Å². The molecule has 0 aromatic heterocycles. The Labute approximate surface area is 415 Å². The van der Waals surface area contributed by atoms with Gasteiger partial charge < -0.3 is 89.9 Å². The monoisotopic (exact) mass is 1010 g/mol. The van der Waals surface area contributed by atoms with Crippen LogP contribution >= 0.6 is 0 Å². The molecule has 0 aliphatic carbocycles. The fourth-order valence-electron chi connectivity index (χ4n) is 8.71. The third-order valence-electron chi connectivity index (χ3n) is 13.2. The Hall–Kier alpha value is -1.99. The van der Waals surface area contributed by atoms with Crippen molar-refractivity contribution in [3.8, 4) is 0 Å². The van der Waals surface area contributed by atoms with E-state index >= 15 is 0 Å². The zero-order chi connectivity index (χ0) is 51.3. The van der Waals surface area contributed by atoms with Crippen molar-refractivity contribution in [3.63, 3.8) is 0 Å².